The van der Waals surface area contributed by atoms with Gasteiger partial charge in [0.15, 0.2) is 0 Å². The summed E-state index contributed by atoms with van der Waals surface area (Å²) in [5.74, 6) is -1.28. The Morgan fingerprint density at radius 3 is 2.60 bits per heavy atom. The summed E-state index contributed by atoms with van der Waals surface area (Å²) < 4.78 is 0. The molecule has 0 fully saturated rings. The smallest absolute Gasteiger partial charge is 0.270 e. The zero-order chi connectivity index (χ0) is 7.72. The zero-order valence-corrected chi connectivity index (χ0v) is 5.07. The molecule has 1 aliphatic heterocycles. The molecule has 0 aromatic carbocycles. The topological polar surface area (TPSA) is 83.6 Å². The fourth-order valence-electron chi connectivity index (χ4n) is 0.658. The van der Waals surface area contributed by atoms with Crippen molar-refractivity contribution in [2.75, 3.05) is 6.54 Å². The summed E-state index contributed by atoms with van der Waals surface area (Å²) in [5, 5.41) is 9.07. The number of carbonyl (C=O) groups is 2. The number of hydrogen-bond donors (Lipinski definition) is 2. The van der Waals surface area contributed by atoms with E-state index in [4.69, 9.17) is 10.9 Å². The molecule has 0 aromatic rings. The van der Waals surface area contributed by atoms with Crippen molar-refractivity contribution in [2.45, 2.75) is 0 Å². The van der Waals surface area contributed by atoms with Crippen molar-refractivity contribution in [3.63, 3.8) is 0 Å². The van der Waals surface area contributed by atoms with Gasteiger partial charge < -0.3 is 5.73 Å². The average Bonchev–Trinajstić information content (AvgIpc) is 2.13. The van der Waals surface area contributed by atoms with Gasteiger partial charge in [-0.25, -0.2) is 5.06 Å². The van der Waals surface area contributed by atoms with Crippen molar-refractivity contribution in [1.82, 2.24) is 5.06 Å². The molecule has 0 spiro atoms. The lowest BCUT2D eigenvalue weighted by atomic mass is 10.3. The Morgan fingerprint density at radius 2 is 2.40 bits per heavy atom. The van der Waals surface area contributed by atoms with Crippen LogP contribution in [0.4, 0.5) is 0 Å². The number of amides is 2. The Labute approximate surface area is 56.7 Å². The van der Waals surface area contributed by atoms with Crippen molar-refractivity contribution in [2.24, 2.45) is 5.73 Å². The molecular formula is C5H6N2O3. The lowest BCUT2D eigenvalue weighted by Gasteiger charge is -2.03. The van der Waals surface area contributed by atoms with Crippen LogP contribution >= 0.6 is 0 Å². The standard InChI is InChI=1S/C5H6N2O3/c6-5(9)3-1-4(8)7(10)2-3/h1,10H,2H2,(H2,6,9). The number of hydrogen-bond acceptors (Lipinski definition) is 3. The molecule has 3 N–H and O–H groups in total. The Bertz CT molecular complexity index is 221. The molecule has 0 aliphatic carbocycles. The summed E-state index contributed by atoms with van der Waals surface area (Å²) in [6.07, 6.45) is 1.02. The molecule has 1 aliphatic rings. The quantitative estimate of drug-likeness (QED) is 0.443. The predicted octanol–water partition coefficient (Wildman–Crippen LogP) is -1.37. The summed E-state index contributed by atoms with van der Waals surface area (Å²) in [4.78, 5) is 20.8. The lowest BCUT2D eigenvalue weighted by molar-refractivity contribution is -0.154. The van der Waals surface area contributed by atoms with Crippen LogP contribution in [0.2, 0.25) is 0 Å². The van der Waals surface area contributed by atoms with Gasteiger partial charge in [0.05, 0.1) is 6.54 Å². The molecule has 0 saturated carbocycles. The van der Waals surface area contributed by atoms with E-state index >= 15 is 0 Å². The minimum atomic E-state index is -0.676. The first-order valence-electron chi connectivity index (χ1n) is 2.62. The highest BCUT2D eigenvalue weighted by Crippen LogP contribution is 2.06. The first kappa shape index (κ1) is 6.76. The summed E-state index contributed by atoms with van der Waals surface area (Å²) >= 11 is 0. The summed E-state index contributed by atoms with van der Waals surface area (Å²) in [7, 11) is 0. The molecule has 5 heteroatoms. The fourth-order valence-corrected chi connectivity index (χ4v) is 0.658. The van der Waals surface area contributed by atoms with Crippen molar-refractivity contribution in [3.8, 4) is 0 Å². The number of hydroxylamine groups is 2. The Hall–Kier alpha value is -1.36. The molecule has 10 heavy (non-hydrogen) atoms. The first-order valence-corrected chi connectivity index (χ1v) is 2.62. The predicted molar refractivity (Wildman–Crippen MR) is 30.8 cm³/mol. The SMILES string of the molecule is NC(=O)C1=CC(=O)N(O)C1. The third-order valence-corrected chi connectivity index (χ3v) is 1.19. The summed E-state index contributed by atoms with van der Waals surface area (Å²) in [6, 6.07) is 0. The molecule has 0 saturated heterocycles. The minimum absolute atomic E-state index is 0.103. The maximum absolute atomic E-state index is 10.5. The highest BCUT2D eigenvalue weighted by molar-refractivity contribution is 6.03. The van der Waals surface area contributed by atoms with Crippen molar-refractivity contribution in [1.29, 1.82) is 0 Å². The number of carbonyl (C=O) groups excluding carboxylic acids is 2. The molecule has 0 aromatic heterocycles. The van der Waals surface area contributed by atoms with Gasteiger partial charge in [-0.1, -0.05) is 0 Å². The van der Waals surface area contributed by atoms with Gasteiger partial charge in [-0.2, -0.15) is 0 Å². The molecule has 0 bridgehead atoms. The van der Waals surface area contributed by atoms with Gasteiger partial charge in [0.2, 0.25) is 5.91 Å². The molecular weight excluding hydrogens is 136 g/mol. The van der Waals surface area contributed by atoms with E-state index in [1.165, 1.54) is 0 Å². The Morgan fingerprint density at radius 1 is 1.80 bits per heavy atom. The summed E-state index contributed by atoms with van der Waals surface area (Å²) in [6.45, 7) is -0.103. The van der Waals surface area contributed by atoms with Gasteiger partial charge in [-0.15, -0.1) is 0 Å². The van der Waals surface area contributed by atoms with Gasteiger partial charge >= 0.3 is 0 Å². The van der Waals surface area contributed by atoms with Crippen molar-refractivity contribution in [3.05, 3.63) is 11.6 Å². The van der Waals surface area contributed by atoms with Crippen molar-refractivity contribution < 1.29 is 14.8 Å². The second kappa shape index (κ2) is 2.11. The highest BCUT2D eigenvalue weighted by Gasteiger charge is 2.22. The van der Waals surface area contributed by atoms with E-state index < -0.39 is 11.8 Å². The van der Waals surface area contributed by atoms with E-state index in [-0.39, 0.29) is 12.1 Å². The van der Waals surface area contributed by atoms with Crippen LogP contribution in [0.5, 0.6) is 0 Å². The molecule has 1 heterocycles. The minimum Gasteiger partial charge on any atom is -0.366 e. The van der Waals surface area contributed by atoms with E-state index in [2.05, 4.69) is 0 Å². The van der Waals surface area contributed by atoms with Crippen LogP contribution < -0.4 is 5.73 Å². The summed E-state index contributed by atoms with van der Waals surface area (Å²) in [5.41, 5.74) is 4.96. The molecule has 0 atom stereocenters. The molecule has 1 rings (SSSR count). The van der Waals surface area contributed by atoms with Crippen LogP contribution in [-0.4, -0.2) is 28.6 Å². The third kappa shape index (κ3) is 0.985. The normalized spacial score (nSPS) is 17.5. The van der Waals surface area contributed by atoms with Crippen LogP contribution in [0.3, 0.4) is 0 Å². The van der Waals surface area contributed by atoms with E-state index in [9.17, 15) is 9.59 Å². The number of nitrogens with zero attached hydrogens (tertiary/aromatic N) is 1. The van der Waals surface area contributed by atoms with Crippen LogP contribution in [0.1, 0.15) is 0 Å². The van der Waals surface area contributed by atoms with Crippen molar-refractivity contribution >= 4 is 11.8 Å². The second-order valence-electron chi connectivity index (χ2n) is 1.93. The van der Waals surface area contributed by atoms with Crippen LogP contribution in [0.15, 0.2) is 11.6 Å². The van der Waals surface area contributed by atoms with Crippen LogP contribution in [0, 0.1) is 0 Å². The second-order valence-corrected chi connectivity index (χ2v) is 1.93. The maximum Gasteiger partial charge on any atom is 0.270 e. The Kier molecular flexibility index (Phi) is 1.42. The zero-order valence-electron chi connectivity index (χ0n) is 5.07. The van der Waals surface area contributed by atoms with E-state index in [0.717, 1.165) is 6.08 Å². The van der Waals surface area contributed by atoms with E-state index in [1.807, 2.05) is 0 Å². The van der Waals surface area contributed by atoms with E-state index in [1.54, 1.807) is 0 Å². The first-order chi connectivity index (χ1) is 4.61. The lowest BCUT2D eigenvalue weighted by Crippen LogP contribution is -2.23. The van der Waals surface area contributed by atoms with Crippen LogP contribution in [-0.2, 0) is 9.59 Å². The Balaban J connectivity index is 2.77. The molecule has 54 valence electrons. The maximum atomic E-state index is 10.5. The molecule has 5 nitrogen and oxygen atoms in total. The van der Waals surface area contributed by atoms with Gasteiger partial charge in [0, 0.05) is 11.6 Å². The molecule has 2 amide bonds. The van der Waals surface area contributed by atoms with Gasteiger partial charge in [0.1, 0.15) is 0 Å². The molecule has 0 radical (unpaired) electrons. The largest absolute Gasteiger partial charge is 0.366 e. The van der Waals surface area contributed by atoms with Crippen LogP contribution in [0.25, 0.3) is 0 Å². The monoisotopic (exact) mass is 142 g/mol. The number of nitrogens with two attached hydrogens (primary N) is 1. The van der Waals surface area contributed by atoms with E-state index in [0.29, 0.717) is 5.06 Å². The average molecular weight is 142 g/mol. The number of rotatable bonds is 1. The fraction of sp³-hybridized carbons (Fsp3) is 0.200. The van der Waals surface area contributed by atoms with Gasteiger partial charge in [-0.3, -0.25) is 14.8 Å². The third-order valence-electron chi connectivity index (χ3n) is 1.19. The van der Waals surface area contributed by atoms with Gasteiger partial charge in [-0.05, 0) is 0 Å². The number of primary amides is 1. The van der Waals surface area contributed by atoms with Gasteiger partial charge in [0.25, 0.3) is 5.91 Å². The molecule has 0 unspecified atom stereocenters. The highest BCUT2D eigenvalue weighted by atomic mass is 16.5.